The van der Waals surface area contributed by atoms with Gasteiger partial charge < -0.3 is 5.32 Å². The third-order valence-electron chi connectivity index (χ3n) is 3.09. The zero-order valence-corrected chi connectivity index (χ0v) is 12.3. The maximum Gasteiger partial charge on any atom is 0.249 e. The molecule has 20 heavy (non-hydrogen) atoms. The van der Waals surface area contributed by atoms with Crippen molar-refractivity contribution in [2.75, 3.05) is 5.32 Å². The third-order valence-corrected chi connectivity index (χ3v) is 3.09. The van der Waals surface area contributed by atoms with Gasteiger partial charge in [0.25, 0.3) is 0 Å². The predicted octanol–water partition coefficient (Wildman–Crippen LogP) is 3.00. The van der Waals surface area contributed by atoms with Crippen LogP contribution < -0.4 is 5.32 Å². The Morgan fingerprint density at radius 1 is 1.25 bits per heavy atom. The fraction of sp³-hybridized carbons (Fsp3) is 0.250. The van der Waals surface area contributed by atoms with Gasteiger partial charge in [-0.1, -0.05) is 23.8 Å². The number of amides is 1. The van der Waals surface area contributed by atoms with Crippen LogP contribution in [0, 0.1) is 20.8 Å². The summed E-state index contributed by atoms with van der Waals surface area (Å²) in [5.74, 6) is 0.533. The zero-order chi connectivity index (χ0) is 14.7. The lowest BCUT2D eigenvalue weighted by molar-refractivity contribution is -0.111. The topological polar surface area (TPSA) is 46.9 Å². The van der Waals surface area contributed by atoms with Crippen molar-refractivity contribution in [3.8, 4) is 0 Å². The average Bonchev–Trinajstić information content (AvgIpc) is 2.66. The summed E-state index contributed by atoms with van der Waals surface area (Å²) in [5.41, 5.74) is 4.30. The Balaban J connectivity index is 2.07. The fourth-order valence-electron chi connectivity index (χ4n) is 2.07. The van der Waals surface area contributed by atoms with Gasteiger partial charge in [-0.05, 0) is 38.0 Å². The number of hydrogen-bond donors (Lipinski definition) is 1. The summed E-state index contributed by atoms with van der Waals surface area (Å²) in [5, 5.41) is 6.99. The van der Waals surface area contributed by atoms with Crippen molar-refractivity contribution in [3.63, 3.8) is 0 Å². The molecule has 0 spiro atoms. The second-order valence-electron chi connectivity index (χ2n) is 4.98. The highest BCUT2D eigenvalue weighted by molar-refractivity contribution is 6.01. The first-order valence-corrected chi connectivity index (χ1v) is 6.52. The molecule has 1 N–H and O–H groups in total. The number of nitrogens with one attached hydrogen (secondary N) is 1. The number of nitrogens with zero attached hydrogens (tertiary/aromatic N) is 2. The normalized spacial score (nSPS) is 11.0. The van der Waals surface area contributed by atoms with E-state index in [0.29, 0.717) is 5.82 Å². The molecule has 0 atom stereocenters. The summed E-state index contributed by atoms with van der Waals surface area (Å²) < 4.78 is 1.65. The van der Waals surface area contributed by atoms with Gasteiger partial charge in [0.15, 0.2) is 0 Å². The van der Waals surface area contributed by atoms with Crippen LogP contribution in [0.15, 0.2) is 30.3 Å². The summed E-state index contributed by atoms with van der Waals surface area (Å²) in [6, 6.07) is 7.99. The Morgan fingerprint density at radius 3 is 2.60 bits per heavy atom. The molecule has 0 aliphatic rings. The number of benzene rings is 1. The maximum atomic E-state index is 11.9. The number of rotatable bonds is 3. The van der Waals surface area contributed by atoms with Gasteiger partial charge >= 0.3 is 0 Å². The van der Waals surface area contributed by atoms with Crippen LogP contribution in [0.3, 0.4) is 0 Å². The number of carbonyl (C=O) groups is 1. The minimum Gasteiger partial charge on any atom is -0.307 e. The van der Waals surface area contributed by atoms with E-state index in [1.165, 1.54) is 5.56 Å². The standard InChI is InChI=1S/C16H19N3O/c1-11-5-6-14(12(2)9-11)7-8-16(20)17-15-10-13(3)18-19(15)4/h5-10H,1-4H3,(H,17,20). The first-order chi connectivity index (χ1) is 9.45. The SMILES string of the molecule is Cc1ccc(C=CC(=O)Nc2cc(C)nn2C)c(C)c1. The van der Waals surface area contributed by atoms with E-state index in [2.05, 4.69) is 23.4 Å². The number of aromatic nitrogens is 2. The molecule has 0 fully saturated rings. The Hall–Kier alpha value is -2.36. The summed E-state index contributed by atoms with van der Waals surface area (Å²) in [6.07, 6.45) is 3.37. The molecular weight excluding hydrogens is 250 g/mol. The molecule has 0 radical (unpaired) electrons. The summed E-state index contributed by atoms with van der Waals surface area (Å²) in [4.78, 5) is 11.9. The van der Waals surface area contributed by atoms with Crippen molar-refractivity contribution in [1.29, 1.82) is 0 Å². The van der Waals surface area contributed by atoms with Crippen LogP contribution in [0.1, 0.15) is 22.4 Å². The molecule has 4 nitrogen and oxygen atoms in total. The highest BCUT2D eigenvalue weighted by Gasteiger charge is 2.04. The van der Waals surface area contributed by atoms with Crippen LogP contribution in [0.25, 0.3) is 6.08 Å². The molecule has 1 aromatic heterocycles. The van der Waals surface area contributed by atoms with Crippen LogP contribution in [0.5, 0.6) is 0 Å². The Labute approximate surface area is 119 Å². The average molecular weight is 269 g/mol. The van der Waals surface area contributed by atoms with Crippen molar-refractivity contribution in [2.24, 2.45) is 7.05 Å². The third kappa shape index (κ3) is 3.35. The molecule has 1 amide bonds. The molecule has 4 heteroatoms. The van der Waals surface area contributed by atoms with Crippen molar-refractivity contribution >= 4 is 17.8 Å². The van der Waals surface area contributed by atoms with Crippen LogP contribution in [-0.4, -0.2) is 15.7 Å². The molecule has 0 aliphatic carbocycles. The maximum absolute atomic E-state index is 11.9. The van der Waals surface area contributed by atoms with Crippen molar-refractivity contribution in [3.05, 3.63) is 52.7 Å². The monoisotopic (exact) mass is 269 g/mol. The van der Waals surface area contributed by atoms with Crippen molar-refractivity contribution in [2.45, 2.75) is 20.8 Å². The van der Waals surface area contributed by atoms with Gasteiger partial charge in [-0.15, -0.1) is 0 Å². The number of hydrogen-bond acceptors (Lipinski definition) is 2. The van der Waals surface area contributed by atoms with Crippen LogP contribution >= 0.6 is 0 Å². The van der Waals surface area contributed by atoms with Crippen LogP contribution in [0.4, 0.5) is 5.82 Å². The lowest BCUT2D eigenvalue weighted by Crippen LogP contribution is -2.11. The molecule has 0 saturated heterocycles. The number of aryl methyl sites for hydroxylation is 4. The lowest BCUT2D eigenvalue weighted by Gasteiger charge is -2.03. The number of carbonyl (C=O) groups excluding carboxylic acids is 1. The van der Waals surface area contributed by atoms with Gasteiger partial charge in [0, 0.05) is 19.2 Å². The second-order valence-corrected chi connectivity index (χ2v) is 4.98. The fourth-order valence-corrected chi connectivity index (χ4v) is 2.07. The van der Waals surface area contributed by atoms with E-state index in [4.69, 9.17) is 0 Å². The van der Waals surface area contributed by atoms with Crippen LogP contribution in [-0.2, 0) is 11.8 Å². The molecule has 0 unspecified atom stereocenters. The molecule has 0 bridgehead atoms. The van der Waals surface area contributed by atoms with E-state index in [9.17, 15) is 4.79 Å². The molecule has 2 rings (SSSR count). The second kappa shape index (κ2) is 5.74. The summed E-state index contributed by atoms with van der Waals surface area (Å²) in [7, 11) is 1.80. The Kier molecular flexibility index (Phi) is 4.03. The van der Waals surface area contributed by atoms with Gasteiger partial charge in [-0.25, -0.2) is 0 Å². The van der Waals surface area contributed by atoms with Gasteiger partial charge in [-0.2, -0.15) is 5.10 Å². The van der Waals surface area contributed by atoms with Crippen molar-refractivity contribution < 1.29 is 4.79 Å². The first kappa shape index (κ1) is 14.1. The first-order valence-electron chi connectivity index (χ1n) is 6.52. The predicted molar refractivity (Wildman–Crippen MR) is 81.5 cm³/mol. The minimum atomic E-state index is -0.159. The van der Waals surface area contributed by atoms with Gasteiger partial charge in [0.1, 0.15) is 5.82 Å². The lowest BCUT2D eigenvalue weighted by atomic mass is 10.1. The molecule has 2 aromatic rings. The number of anilines is 1. The largest absolute Gasteiger partial charge is 0.307 e. The Bertz CT molecular complexity index is 668. The highest BCUT2D eigenvalue weighted by Crippen LogP contribution is 2.13. The molecule has 1 aromatic carbocycles. The molecule has 0 aliphatic heterocycles. The highest BCUT2D eigenvalue weighted by atomic mass is 16.1. The Morgan fingerprint density at radius 2 is 2.00 bits per heavy atom. The van der Waals surface area contributed by atoms with Crippen LogP contribution in [0.2, 0.25) is 0 Å². The molecule has 0 saturated carbocycles. The van der Waals surface area contributed by atoms with E-state index in [1.807, 2.05) is 38.1 Å². The smallest absolute Gasteiger partial charge is 0.249 e. The van der Waals surface area contributed by atoms with Gasteiger partial charge in [0.2, 0.25) is 5.91 Å². The van der Waals surface area contributed by atoms with E-state index in [1.54, 1.807) is 17.8 Å². The van der Waals surface area contributed by atoms with E-state index in [0.717, 1.165) is 16.8 Å². The summed E-state index contributed by atoms with van der Waals surface area (Å²) >= 11 is 0. The van der Waals surface area contributed by atoms with E-state index >= 15 is 0 Å². The van der Waals surface area contributed by atoms with Crippen molar-refractivity contribution in [1.82, 2.24) is 9.78 Å². The molecular formula is C16H19N3O. The van der Waals surface area contributed by atoms with Gasteiger partial charge in [-0.3, -0.25) is 9.48 Å². The zero-order valence-electron chi connectivity index (χ0n) is 12.3. The van der Waals surface area contributed by atoms with Gasteiger partial charge in [0.05, 0.1) is 5.69 Å². The molecule has 104 valence electrons. The van der Waals surface area contributed by atoms with E-state index in [-0.39, 0.29) is 5.91 Å². The quantitative estimate of drug-likeness (QED) is 0.871. The van der Waals surface area contributed by atoms with E-state index < -0.39 is 0 Å². The summed E-state index contributed by atoms with van der Waals surface area (Å²) in [6.45, 7) is 5.98. The minimum absolute atomic E-state index is 0.159. The molecule has 1 heterocycles.